The third kappa shape index (κ3) is 3.85. The topological polar surface area (TPSA) is 46.3 Å². The van der Waals surface area contributed by atoms with Crippen LogP contribution in [0.3, 0.4) is 0 Å². The number of amides is 1. The largest absolute Gasteiger partial charge is 0.361 e. The third-order valence-corrected chi connectivity index (χ3v) is 5.88. The van der Waals surface area contributed by atoms with E-state index >= 15 is 0 Å². The average molecular weight is 393 g/mol. The Hall–Kier alpha value is -2.53. The van der Waals surface area contributed by atoms with Crippen LogP contribution >= 0.6 is 11.8 Å². The molecule has 2 aromatic carbocycles. The average Bonchev–Trinajstić information content (AvgIpc) is 3.17. The zero-order valence-corrected chi connectivity index (χ0v) is 16.8. The minimum Gasteiger partial charge on any atom is -0.361 e. The Morgan fingerprint density at radius 2 is 1.75 bits per heavy atom. The van der Waals surface area contributed by atoms with Crippen molar-refractivity contribution in [3.8, 4) is 0 Å². The van der Waals surface area contributed by atoms with Crippen molar-refractivity contribution in [3.05, 3.63) is 88.8 Å². The molecule has 1 aliphatic heterocycles. The summed E-state index contributed by atoms with van der Waals surface area (Å²) in [6.07, 6.45) is 3.34. The Morgan fingerprint density at radius 1 is 1.11 bits per heavy atom. The van der Waals surface area contributed by atoms with E-state index in [4.69, 9.17) is 4.52 Å². The number of hydrogen-bond donors (Lipinski definition) is 0. The number of carbonyl (C=O) groups is 1. The van der Waals surface area contributed by atoms with Gasteiger partial charge in [-0.3, -0.25) is 4.79 Å². The molecule has 0 aliphatic carbocycles. The Bertz CT molecular complexity index is 885. The van der Waals surface area contributed by atoms with E-state index < -0.39 is 0 Å². The molecule has 3 aromatic rings. The highest BCUT2D eigenvalue weighted by Gasteiger charge is 2.31. The van der Waals surface area contributed by atoms with E-state index in [1.807, 2.05) is 23.3 Å². The molecule has 144 valence electrons. The maximum absolute atomic E-state index is 12.6. The van der Waals surface area contributed by atoms with Gasteiger partial charge in [0.1, 0.15) is 11.5 Å². The van der Waals surface area contributed by atoms with Crippen molar-refractivity contribution in [2.75, 3.05) is 18.6 Å². The highest BCUT2D eigenvalue weighted by molar-refractivity contribution is 7.98. The van der Waals surface area contributed by atoms with Crippen LogP contribution in [-0.4, -0.2) is 34.5 Å². The fourth-order valence-electron chi connectivity index (χ4n) is 3.82. The van der Waals surface area contributed by atoms with Crippen LogP contribution in [0.5, 0.6) is 0 Å². The van der Waals surface area contributed by atoms with Gasteiger partial charge in [0.25, 0.3) is 0 Å². The molecule has 0 spiro atoms. The molecule has 0 saturated carbocycles. The maximum atomic E-state index is 12.6. The van der Waals surface area contributed by atoms with Gasteiger partial charge in [0.05, 0.1) is 12.5 Å². The molecular weight excluding hydrogens is 368 g/mol. The van der Waals surface area contributed by atoms with Gasteiger partial charge in [0, 0.05) is 30.7 Å². The van der Waals surface area contributed by atoms with Gasteiger partial charge in [-0.05, 0) is 17.4 Å². The van der Waals surface area contributed by atoms with Crippen LogP contribution < -0.4 is 0 Å². The predicted molar refractivity (Wildman–Crippen MR) is 112 cm³/mol. The van der Waals surface area contributed by atoms with Crippen LogP contribution in [0, 0.1) is 0 Å². The van der Waals surface area contributed by atoms with Crippen molar-refractivity contribution in [1.82, 2.24) is 10.1 Å². The van der Waals surface area contributed by atoms with Gasteiger partial charge in [-0.25, -0.2) is 0 Å². The zero-order chi connectivity index (χ0) is 19.3. The SMILES string of the molecule is CSCCC(=O)N1CCc2onc(C(c3ccccc3)c3ccccc3)c2C1. The second-order valence-electron chi connectivity index (χ2n) is 7.03. The summed E-state index contributed by atoms with van der Waals surface area (Å²) in [6, 6.07) is 20.8. The normalized spacial score (nSPS) is 13.6. The number of rotatable bonds is 6. The number of hydrogen-bond acceptors (Lipinski definition) is 4. The van der Waals surface area contributed by atoms with Crippen molar-refractivity contribution in [2.45, 2.75) is 25.3 Å². The first-order chi connectivity index (χ1) is 13.8. The van der Waals surface area contributed by atoms with Crippen LogP contribution in [-0.2, 0) is 17.8 Å². The molecule has 5 heteroatoms. The van der Waals surface area contributed by atoms with Crippen molar-refractivity contribution < 1.29 is 9.32 Å². The van der Waals surface area contributed by atoms with Crippen LogP contribution in [0.25, 0.3) is 0 Å². The van der Waals surface area contributed by atoms with Gasteiger partial charge in [-0.15, -0.1) is 0 Å². The predicted octanol–water partition coefficient (Wildman–Crippen LogP) is 4.49. The summed E-state index contributed by atoms with van der Waals surface area (Å²) in [5.74, 6) is 1.98. The second kappa shape index (κ2) is 8.65. The molecule has 2 heterocycles. The molecule has 1 aromatic heterocycles. The first kappa shape index (κ1) is 18.8. The quantitative estimate of drug-likeness (QED) is 0.620. The molecule has 4 rings (SSSR count). The molecule has 4 nitrogen and oxygen atoms in total. The van der Waals surface area contributed by atoms with E-state index in [0.717, 1.165) is 29.2 Å². The van der Waals surface area contributed by atoms with Crippen LogP contribution in [0.2, 0.25) is 0 Å². The number of aromatic nitrogens is 1. The summed E-state index contributed by atoms with van der Waals surface area (Å²) >= 11 is 1.71. The lowest BCUT2D eigenvalue weighted by molar-refractivity contribution is -0.131. The minimum atomic E-state index is -0.00357. The number of nitrogens with zero attached hydrogens (tertiary/aromatic N) is 2. The summed E-state index contributed by atoms with van der Waals surface area (Å²) < 4.78 is 5.73. The van der Waals surface area contributed by atoms with Gasteiger partial charge >= 0.3 is 0 Å². The number of fused-ring (bicyclic) bond motifs is 1. The van der Waals surface area contributed by atoms with E-state index in [1.54, 1.807) is 11.8 Å². The Morgan fingerprint density at radius 3 is 2.36 bits per heavy atom. The molecular formula is C23H24N2O2S. The van der Waals surface area contributed by atoms with E-state index in [-0.39, 0.29) is 11.8 Å². The van der Waals surface area contributed by atoms with Crippen LogP contribution in [0.15, 0.2) is 65.2 Å². The molecule has 1 amide bonds. The summed E-state index contributed by atoms with van der Waals surface area (Å²) in [7, 11) is 0. The van der Waals surface area contributed by atoms with Crippen molar-refractivity contribution in [3.63, 3.8) is 0 Å². The Kier molecular flexibility index (Phi) is 5.81. The lowest BCUT2D eigenvalue weighted by atomic mass is 9.85. The maximum Gasteiger partial charge on any atom is 0.223 e. The Labute approximate surface area is 169 Å². The summed E-state index contributed by atoms with van der Waals surface area (Å²) in [6.45, 7) is 1.29. The van der Waals surface area contributed by atoms with Crippen LogP contribution in [0.1, 0.15) is 40.5 Å². The van der Waals surface area contributed by atoms with Gasteiger partial charge < -0.3 is 9.42 Å². The van der Waals surface area contributed by atoms with Crippen LogP contribution in [0.4, 0.5) is 0 Å². The highest BCUT2D eigenvalue weighted by Crippen LogP contribution is 2.36. The molecule has 0 atom stereocenters. The molecule has 0 radical (unpaired) electrons. The number of thioether (sulfide) groups is 1. The lowest BCUT2D eigenvalue weighted by Gasteiger charge is -2.27. The van der Waals surface area contributed by atoms with Crippen molar-refractivity contribution in [2.24, 2.45) is 0 Å². The standard InChI is InChI=1S/C23H24N2O2S/c1-28-15-13-21(26)25-14-12-20-19(16-25)23(24-27-20)22(17-8-4-2-5-9-17)18-10-6-3-7-11-18/h2-11,22H,12-16H2,1H3. The summed E-state index contributed by atoms with van der Waals surface area (Å²) in [5, 5.41) is 4.49. The monoisotopic (exact) mass is 392 g/mol. The number of benzene rings is 2. The van der Waals surface area contributed by atoms with E-state index in [2.05, 4.69) is 53.7 Å². The minimum absolute atomic E-state index is 0.00357. The smallest absolute Gasteiger partial charge is 0.223 e. The summed E-state index contributed by atoms with van der Waals surface area (Å²) in [4.78, 5) is 14.5. The lowest BCUT2D eigenvalue weighted by Crippen LogP contribution is -2.36. The molecule has 0 saturated heterocycles. The van der Waals surface area contributed by atoms with Gasteiger partial charge in [0.15, 0.2) is 0 Å². The van der Waals surface area contributed by atoms with E-state index in [0.29, 0.717) is 19.5 Å². The fraction of sp³-hybridized carbons (Fsp3) is 0.304. The van der Waals surface area contributed by atoms with Gasteiger partial charge in [0.2, 0.25) is 5.91 Å². The highest BCUT2D eigenvalue weighted by atomic mass is 32.2. The molecule has 0 N–H and O–H groups in total. The molecule has 28 heavy (non-hydrogen) atoms. The first-order valence-electron chi connectivity index (χ1n) is 9.62. The Balaban J connectivity index is 1.70. The first-order valence-corrected chi connectivity index (χ1v) is 11.0. The van der Waals surface area contributed by atoms with Gasteiger partial charge in [-0.1, -0.05) is 65.8 Å². The molecule has 0 fully saturated rings. The van der Waals surface area contributed by atoms with Crippen molar-refractivity contribution in [1.29, 1.82) is 0 Å². The molecule has 1 aliphatic rings. The second-order valence-corrected chi connectivity index (χ2v) is 8.02. The van der Waals surface area contributed by atoms with E-state index in [9.17, 15) is 4.79 Å². The zero-order valence-electron chi connectivity index (χ0n) is 16.0. The number of carbonyl (C=O) groups excluding carboxylic acids is 1. The molecule has 0 bridgehead atoms. The van der Waals surface area contributed by atoms with E-state index in [1.165, 1.54) is 11.1 Å². The van der Waals surface area contributed by atoms with Crippen molar-refractivity contribution >= 4 is 17.7 Å². The fourth-order valence-corrected chi connectivity index (χ4v) is 4.19. The third-order valence-electron chi connectivity index (χ3n) is 5.27. The molecule has 0 unspecified atom stereocenters. The summed E-state index contributed by atoms with van der Waals surface area (Å²) in [5.41, 5.74) is 4.35. The van der Waals surface area contributed by atoms with Gasteiger partial charge in [-0.2, -0.15) is 11.8 Å².